The van der Waals surface area contributed by atoms with E-state index in [1.165, 1.54) is 0 Å². The van der Waals surface area contributed by atoms with Gasteiger partial charge in [-0.15, -0.1) is 0 Å². The molecule has 0 saturated heterocycles. The second kappa shape index (κ2) is 9.21. The van der Waals surface area contributed by atoms with E-state index in [1.807, 2.05) is 0 Å². The van der Waals surface area contributed by atoms with Gasteiger partial charge < -0.3 is 14.9 Å². The summed E-state index contributed by atoms with van der Waals surface area (Å²) >= 11 is 0. The van der Waals surface area contributed by atoms with Crippen LogP contribution in [0.4, 0.5) is 0 Å². The number of esters is 1. The first-order valence-electron chi connectivity index (χ1n) is 4.85. The number of aliphatic hydroxyl groups excluding tert-OH is 1. The predicted octanol–water partition coefficient (Wildman–Crippen LogP) is 0.723. The summed E-state index contributed by atoms with van der Waals surface area (Å²) in [5.74, 6) is -1.81. The molecule has 0 unspecified atom stereocenters. The van der Waals surface area contributed by atoms with Gasteiger partial charge in [0.1, 0.15) is 0 Å². The molecule has 0 radical (unpaired) electrons. The lowest BCUT2D eigenvalue weighted by Crippen LogP contribution is -2.03. The molecule has 0 aliphatic heterocycles. The third-order valence-corrected chi connectivity index (χ3v) is 1.66. The van der Waals surface area contributed by atoms with Gasteiger partial charge in [-0.1, -0.05) is 6.42 Å². The van der Waals surface area contributed by atoms with E-state index in [1.54, 1.807) is 0 Å². The molecular weight excluding hydrogens is 200 g/mol. The average molecular weight is 216 g/mol. The number of carbonyl (C=O) groups is 2. The third-order valence-electron chi connectivity index (χ3n) is 1.66. The SMILES string of the molecule is O=C(O)/C=C/C(=O)OCCCCCCO. The number of aliphatic carboxylic acids is 1. The molecule has 0 fully saturated rings. The molecule has 2 N–H and O–H groups in total. The molecule has 0 aromatic rings. The zero-order valence-corrected chi connectivity index (χ0v) is 8.52. The Morgan fingerprint density at radius 1 is 1.07 bits per heavy atom. The molecule has 0 aliphatic rings. The van der Waals surface area contributed by atoms with Crippen LogP contribution in [0.1, 0.15) is 25.7 Å². The molecule has 0 saturated carbocycles. The third kappa shape index (κ3) is 10.6. The van der Waals surface area contributed by atoms with Crippen LogP contribution >= 0.6 is 0 Å². The Morgan fingerprint density at radius 2 is 1.73 bits per heavy atom. The average Bonchev–Trinajstić information content (AvgIpc) is 2.20. The Morgan fingerprint density at radius 3 is 2.33 bits per heavy atom. The second-order valence-corrected chi connectivity index (χ2v) is 2.98. The van der Waals surface area contributed by atoms with Crippen LogP contribution in [0.25, 0.3) is 0 Å². The molecule has 5 heteroatoms. The minimum atomic E-state index is -1.17. The van der Waals surface area contributed by atoms with Gasteiger partial charge in [-0.05, 0) is 19.3 Å². The number of hydrogen-bond acceptors (Lipinski definition) is 4. The van der Waals surface area contributed by atoms with Crippen molar-refractivity contribution in [3.63, 3.8) is 0 Å². The molecule has 0 atom stereocenters. The number of unbranched alkanes of at least 4 members (excludes halogenated alkanes) is 3. The van der Waals surface area contributed by atoms with Crippen molar-refractivity contribution in [1.82, 2.24) is 0 Å². The van der Waals surface area contributed by atoms with Crippen LogP contribution in [-0.2, 0) is 14.3 Å². The van der Waals surface area contributed by atoms with Crippen molar-refractivity contribution in [2.75, 3.05) is 13.2 Å². The fourth-order valence-corrected chi connectivity index (χ4v) is 0.928. The van der Waals surface area contributed by atoms with Gasteiger partial charge >= 0.3 is 11.9 Å². The predicted molar refractivity (Wildman–Crippen MR) is 53.3 cm³/mol. The van der Waals surface area contributed by atoms with Crippen LogP contribution in [-0.4, -0.2) is 35.4 Å². The molecule has 0 rings (SSSR count). The van der Waals surface area contributed by atoms with Crippen LogP contribution < -0.4 is 0 Å². The summed E-state index contributed by atoms with van der Waals surface area (Å²) in [5, 5.41) is 16.7. The normalized spacial score (nSPS) is 10.5. The largest absolute Gasteiger partial charge is 0.478 e. The summed E-state index contributed by atoms with van der Waals surface area (Å²) in [6, 6.07) is 0. The lowest BCUT2D eigenvalue weighted by atomic mass is 10.2. The van der Waals surface area contributed by atoms with E-state index in [0.717, 1.165) is 37.8 Å². The van der Waals surface area contributed by atoms with Gasteiger partial charge in [-0.25, -0.2) is 9.59 Å². The second-order valence-electron chi connectivity index (χ2n) is 2.98. The standard InChI is InChI=1S/C10H16O5/c11-7-3-1-2-4-8-15-10(14)6-5-9(12)13/h5-6,11H,1-4,7-8H2,(H,12,13)/b6-5+. The Labute approximate surface area is 88.4 Å². The molecule has 5 nitrogen and oxygen atoms in total. The van der Waals surface area contributed by atoms with Crippen LogP contribution in [0, 0.1) is 0 Å². The van der Waals surface area contributed by atoms with Crippen molar-refractivity contribution in [2.24, 2.45) is 0 Å². The van der Waals surface area contributed by atoms with Gasteiger partial charge in [0, 0.05) is 18.8 Å². The first-order chi connectivity index (χ1) is 7.16. The highest BCUT2D eigenvalue weighted by molar-refractivity contribution is 5.90. The smallest absolute Gasteiger partial charge is 0.331 e. The van der Waals surface area contributed by atoms with Gasteiger partial charge in [0.15, 0.2) is 0 Å². The molecule has 0 aromatic heterocycles. The van der Waals surface area contributed by atoms with E-state index >= 15 is 0 Å². The highest BCUT2D eigenvalue weighted by Gasteiger charge is 1.97. The first-order valence-corrected chi connectivity index (χ1v) is 4.85. The highest BCUT2D eigenvalue weighted by Crippen LogP contribution is 1.99. The zero-order valence-electron chi connectivity index (χ0n) is 8.52. The number of aliphatic hydroxyl groups is 1. The molecule has 0 aliphatic carbocycles. The lowest BCUT2D eigenvalue weighted by Gasteiger charge is -2.01. The van der Waals surface area contributed by atoms with E-state index in [4.69, 9.17) is 14.9 Å². The highest BCUT2D eigenvalue weighted by atomic mass is 16.5. The van der Waals surface area contributed by atoms with Gasteiger partial charge in [0.25, 0.3) is 0 Å². The zero-order chi connectivity index (χ0) is 11.5. The maximum absolute atomic E-state index is 10.8. The molecule has 0 aromatic carbocycles. The summed E-state index contributed by atoms with van der Waals surface area (Å²) < 4.78 is 4.72. The van der Waals surface area contributed by atoms with E-state index in [2.05, 4.69) is 0 Å². The topological polar surface area (TPSA) is 83.8 Å². The van der Waals surface area contributed by atoms with Crippen molar-refractivity contribution in [1.29, 1.82) is 0 Å². The summed E-state index contributed by atoms with van der Waals surface area (Å²) in [7, 11) is 0. The van der Waals surface area contributed by atoms with E-state index < -0.39 is 11.9 Å². The molecule has 0 amide bonds. The molecule has 0 heterocycles. The summed E-state index contributed by atoms with van der Waals surface area (Å²) in [6.07, 6.45) is 4.90. The van der Waals surface area contributed by atoms with E-state index in [0.29, 0.717) is 0 Å². The van der Waals surface area contributed by atoms with Crippen LogP contribution in [0.5, 0.6) is 0 Å². The fraction of sp³-hybridized carbons (Fsp3) is 0.600. The Kier molecular flexibility index (Phi) is 8.37. The van der Waals surface area contributed by atoms with Crippen molar-refractivity contribution in [3.05, 3.63) is 12.2 Å². The van der Waals surface area contributed by atoms with Gasteiger partial charge in [-0.3, -0.25) is 0 Å². The number of carboxylic acid groups (broad SMARTS) is 1. The Hall–Kier alpha value is -1.36. The summed E-state index contributed by atoms with van der Waals surface area (Å²) in [6.45, 7) is 0.468. The maximum Gasteiger partial charge on any atom is 0.331 e. The van der Waals surface area contributed by atoms with Gasteiger partial charge in [0.05, 0.1) is 6.61 Å². The molecule has 15 heavy (non-hydrogen) atoms. The molecule has 86 valence electrons. The van der Waals surface area contributed by atoms with Gasteiger partial charge in [0.2, 0.25) is 0 Å². The number of hydrogen-bond donors (Lipinski definition) is 2. The fourth-order valence-electron chi connectivity index (χ4n) is 0.928. The van der Waals surface area contributed by atoms with Crippen LogP contribution in [0.15, 0.2) is 12.2 Å². The number of rotatable bonds is 8. The van der Waals surface area contributed by atoms with Crippen molar-refractivity contribution < 1.29 is 24.5 Å². The minimum Gasteiger partial charge on any atom is -0.478 e. The summed E-state index contributed by atoms with van der Waals surface area (Å²) in [5.41, 5.74) is 0. The van der Waals surface area contributed by atoms with E-state index in [-0.39, 0.29) is 13.2 Å². The lowest BCUT2D eigenvalue weighted by molar-refractivity contribution is -0.138. The number of carbonyl (C=O) groups excluding carboxylic acids is 1. The quantitative estimate of drug-likeness (QED) is 0.355. The first kappa shape index (κ1) is 13.6. The molecular formula is C10H16O5. The molecule has 0 bridgehead atoms. The monoisotopic (exact) mass is 216 g/mol. The van der Waals surface area contributed by atoms with Crippen molar-refractivity contribution in [3.8, 4) is 0 Å². The Balaban J connectivity index is 3.35. The van der Waals surface area contributed by atoms with Gasteiger partial charge in [-0.2, -0.15) is 0 Å². The minimum absolute atomic E-state index is 0.182. The van der Waals surface area contributed by atoms with Crippen LogP contribution in [0.2, 0.25) is 0 Å². The van der Waals surface area contributed by atoms with Crippen molar-refractivity contribution in [2.45, 2.75) is 25.7 Å². The van der Waals surface area contributed by atoms with Crippen molar-refractivity contribution >= 4 is 11.9 Å². The van der Waals surface area contributed by atoms with Crippen LogP contribution in [0.3, 0.4) is 0 Å². The maximum atomic E-state index is 10.8. The summed E-state index contributed by atoms with van der Waals surface area (Å²) in [4.78, 5) is 20.9. The number of carboxylic acids is 1. The number of ether oxygens (including phenoxy) is 1. The molecule has 0 spiro atoms. The van der Waals surface area contributed by atoms with E-state index in [9.17, 15) is 9.59 Å². The Bertz CT molecular complexity index is 222.